The van der Waals surface area contributed by atoms with Crippen LogP contribution in [0.4, 0.5) is 26.3 Å². The third-order valence-electron chi connectivity index (χ3n) is 15.6. The number of nitrogens with one attached hydrogen (secondary N) is 2. The lowest BCUT2D eigenvalue weighted by atomic mass is 9.94. The van der Waals surface area contributed by atoms with Crippen molar-refractivity contribution < 1.29 is 52.3 Å². The van der Waals surface area contributed by atoms with Gasteiger partial charge in [0.05, 0.1) is 22.9 Å². The number of benzene rings is 6. The van der Waals surface area contributed by atoms with Crippen molar-refractivity contribution in [1.82, 2.24) is 9.97 Å². The zero-order chi connectivity index (χ0) is 64.7. The summed E-state index contributed by atoms with van der Waals surface area (Å²) in [6.45, 7) is 17.9. The van der Waals surface area contributed by atoms with E-state index in [1.54, 1.807) is 0 Å². The van der Waals surface area contributed by atoms with E-state index in [-0.39, 0.29) is 24.3 Å². The summed E-state index contributed by atoms with van der Waals surface area (Å²) in [6.07, 6.45) is -1.30. The number of aromatic amines is 2. The summed E-state index contributed by atoms with van der Waals surface area (Å²) >= 11 is 0. The molecular weight excluding hydrogens is 1170 g/mol. The molecule has 480 valence electrons. The van der Waals surface area contributed by atoms with Crippen LogP contribution in [0.5, 0.6) is 0 Å². The van der Waals surface area contributed by atoms with Crippen LogP contribution >= 0.6 is 0 Å². The molecule has 8 nitrogen and oxygen atoms in total. The maximum absolute atomic E-state index is 11.8. The predicted molar refractivity (Wildman–Crippen MR) is 354 cm³/mol. The average molecular weight is 1260 g/mol. The molecule has 0 unspecified atom stereocenters. The highest BCUT2D eigenvalue weighted by atomic mass is 32.2. The summed E-state index contributed by atoms with van der Waals surface area (Å²) in [4.78, 5) is 7.33. The molecule has 0 saturated carbocycles. The van der Waals surface area contributed by atoms with Gasteiger partial charge < -0.3 is 9.97 Å². The van der Waals surface area contributed by atoms with E-state index in [0.717, 1.165) is 38.5 Å². The molecular formula is C72H92F6N2O6S2. The number of alkyl halides is 6. The van der Waals surface area contributed by atoms with E-state index in [2.05, 4.69) is 211 Å². The van der Waals surface area contributed by atoms with Crippen molar-refractivity contribution in [3.63, 3.8) is 0 Å². The van der Waals surface area contributed by atoms with Crippen LogP contribution in [0.1, 0.15) is 204 Å². The van der Waals surface area contributed by atoms with Crippen LogP contribution in [-0.2, 0) is 20.2 Å². The van der Waals surface area contributed by atoms with E-state index in [9.17, 15) is 43.2 Å². The van der Waals surface area contributed by atoms with Gasteiger partial charge in [-0.05, 0) is 106 Å². The van der Waals surface area contributed by atoms with Crippen LogP contribution in [0, 0.1) is 0 Å². The van der Waals surface area contributed by atoms with E-state index in [4.69, 9.17) is 9.11 Å². The Balaban J connectivity index is 0.000000220. The van der Waals surface area contributed by atoms with Gasteiger partial charge in [-0.15, -0.1) is 0 Å². The van der Waals surface area contributed by atoms with Gasteiger partial charge in [-0.1, -0.05) is 253 Å². The predicted octanol–water partition coefficient (Wildman–Crippen LogP) is 22.6. The normalized spacial score (nSPS) is 12.1. The smallest absolute Gasteiger partial charge is 0.354 e. The van der Waals surface area contributed by atoms with Crippen LogP contribution in [0.3, 0.4) is 0 Å². The number of rotatable bonds is 26. The van der Waals surface area contributed by atoms with Crippen molar-refractivity contribution in [2.45, 2.75) is 194 Å². The first-order chi connectivity index (χ1) is 41.5. The van der Waals surface area contributed by atoms with Gasteiger partial charge in [0.2, 0.25) is 0 Å². The Morgan fingerprint density at radius 2 is 0.580 bits per heavy atom. The molecule has 0 bridgehead atoms. The second-order valence-electron chi connectivity index (χ2n) is 24.2. The van der Waals surface area contributed by atoms with Crippen LogP contribution < -0.4 is 0 Å². The third-order valence-corrected chi connectivity index (χ3v) is 17.2. The molecule has 0 aliphatic carbocycles. The third kappa shape index (κ3) is 25.4. The first kappa shape index (κ1) is 72.5. The summed E-state index contributed by atoms with van der Waals surface area (Å²) < 4.78 is 129. The maximum atomic E-state index is 11.8. The summed E-state index contributed by atoms with van der Waals surface area (Å²) in [5.41, 5.74) is 17.8. The Morgan fingerprint density at radius 1 is 0.341 bits per heavy atom. The Morgan fingerprint density at radius 3 is 0.830 bits per heavy atom. The van der Waals surface area contributed by atoms with Crippen molar-refractivity contribution in [1.29, 1.82) is 0 Å². The van der Waals surface area contributed by atoms with Crippen molar-refractivity contribution >= 4 is 42.0 Å². The summed E-state index contributed by atoms with van der Waals surface area (Å²) in [5.74, 6) is 1.71. The lowest BCUT2D eigenvalue weighted by Crippen LogP contribution is -2.06. The number of fused-ring (bicyclic) bond motifs is 2. The van der Waals surface area contributed by atoms with Gasteiger partial charge in [-0.25, -0.2) is 0 Å². The van der Waals surface area contributed by atoms with Crippen molar-refractivity contribution in [3.05, 3.63) is 168 Å². The Bertz CT molecular complexity index is 3310. The van der Waals surface area contributed by atoms with Crippen LogP contribution in [-0.4, -0.2) is 59.8 Å². The molecule has 0 saturated heterocycles. The monoisotopic (exact) mass is 1260 g/mol. The second-order valence-corrected chi connectivity index (χ2v) is 27.3. The molecule has 8 rings (SSSR count). The topological polar surface area (TPSA) is 140 Å². The first-order valence-corrected chi connectivity index (χ1v) is 34.4. The van der Waals surface area contributed by atoms with Crippen molar-refractivity contribution in [3.8, 4) is 44.8 Å². The fraction of sp³-hybridized carbons (Fsp3) is 0.444. The molecule has 4 N–H and O–H groups in total. The standard InChI is InChI=1S/2C26H27N.2C10H19F3O3S/c2*1-17(2)19-9-13-21(14-10-19)25-23-7-5-6-8-24(23)27-26(25)22-15-11-20(12-16-22)18(3)4;2*11-10(12,13)8-6-4-2-1-3-5-7-9-17(14,15)16/h2*5-18,27H,1-4H3;2*1-9H2,(H,14,15,16). The zero-order valence-corrected chi connectivity index (χ0v) is 54.1. The molecule has 16 heteroatoms. The fourth-order valence-corrected chi connectivity index (χ4v) is 11.6. The quantitative estimate of drug-likeness (QED) is 0.0242. The minimum absolute atomic E-state index is 0.161. The largest absolute Gasteiger partial charge is 0.389 e. The average Bonchev–Trinajstić information content (AvgIpc) is 1.89. The van der Waals surface area contributed by atoms with Gasteiger partial charge in [0.15, 0.2) is 0 Å². The van der Waals surface area contributed by atoms with E-state index >= 15 is 0 Å². The van der Waals surface area contributed by atoms with E-state index < -0.39 is 45.4 Å². The molecule has 0 amide bonds. The van der Waals surface area contributed by atoms with Gasteiger partial charge in [-0.3, -0.25) is 9.11 Å². The number of para-hydroxylation sites is 2. The molecule has 8 aromatic rings. The molecule has 88 heavy (non-hydrogen) atoms. The fourth-order valence-electron chi connectivity index (χ4n) is 10.4. The minimum atomic E-state index is -4.06. The van der Waals surface area contributed by atoms with Crippen molar-refractivity contribution in [2.24, 2.45) is 0 Å². The SMILES string of the molecule is CC(C)c1ccc(-c2[nH]c3ccccc3c2-c2ccc(C(C)C)cc2)cc1.CC(C)c1ccc(-c2[nH]c3ccccc3c2-c2ccc(C(C)C)cc2)cc1.O=S(=O)(O)CCCCCCCCCC(F)(F)F.O=S(=O)(O)CCCCCCCCCC(F)(F)F. The van der Waals surface area contributed by atoms with Crippen LogP contribution in [0.15, 0.2) is 146 Å². The van der Waals surface area contributed by atoms with Gasteiger partial charge in [0.1, 0.15) is 0 Å². The highest BCUT2D eigenvalue weighted by Gasteiger charge is 2.27. The highest BCUT2D eigenvalue weighted by Crippen LogP contribution is 2.41. The molecule has 0 aliphatic rings. The van der Waals surface area contributed by atoms with Crippen LogP contribution in [0.25, 0.3) is 66.6 Å². The molecule has 0 radical (unpaired) electrons. The molecule has 0 aliphatic heterocycles. The van der Waals surface area contributed by atoms with E-state index in [1.165, 1.54) is 88.8 Å². The molecule has 2 aromatic heterocycles. The van der Waals surface area contributed by atoms with Gasteiger partial charge in [-0.2, -0.15) is 43.2 Å². The Kier molecular flexibility index (Phi) is 28.6. The molecule has 0 fully saturated rings. The maximum Gasteiger partial charge on any atom is 0.389 e. The lowest BCUT2D eigenvalue weighted by Gasteiger charge is -2.10. The van der Waals surface area contributed by atoms with Crippen LogP contribution in [0.2, 0.25) is 0 Å². The first-order valence-electron chi connectivity index (χ1n) is 31.2. The number of halogens is 6. The summed E-state index contributed by atoms with van der Waals surface area (Å²) in [6, 6.07) is 53.2. The highest BCUT2D eigenvalue weighted by molar-refractivity contribution is 7.86. The molecule has 0 atom stereocenters. The Hall–Kier alpha value is -6.20. The summed E-state index contributed by atoms with van der Waals surface area (Å²) in [7, 11) is -7.73. The number of aromatic nitrogens is 2. The van der Waals surface area contributed by atoms with Gasteiger partial charge in [0, 0.05) is 45.8 Å². The number of hydrogen-bond donors (Lipinski definition) is 4. The number of hydrogen-bond acceptors (Lipinski definition) is 4. The van der Waals surface area contributed by atoms with E-state index in [0.29, 0.717) is 62.2 Å². The van der Waals surface area contributed by atoms with Crippen molar-refractivity contribution in [2.75, 3.05) is 11.5 Å². The Labute approximate surface area is 519 Å². The lowest BCUT2D eigenvalue weighted by molar-refractivity contribution is -0.136. The van der Waals surface area contributed by atoms with E-state index in [1.807, 2.05) is 0 Å². The number of H-pyrrole nitrogens is 2. The zero-order valence-electron chi connectivity index (χ0n) is 52.5. The second kappa shape index (κ2) is 34.7. The number of unbranched alkanes of at least 4 members (excludes halogenated alkanes) is 12. The molecule has 6 aromatic carbocycles. The minimum Gasteiger partial charge on any atom is -0.354 e. The molecule has 0 spiro atoms. The molecule has 2 heterocycles. The summed E-state index contributed by atoms with van der Waals surface area (Å²) in [5, 5.41) is 2.55. The van der Waals surface area contributed by atoms with Gasteiger partial charge in [0.25, 0.3) is 20.2 Å². The van der Waals surface area contributed by atoms with Gasteiger partial charge >= 0.3 is 12.4 Å².